The van der Waals surface area contributed by atoms with Crippen molar-refractivity contribution in [2.45, 2.75) is 26.8 Å². The Bertz CT molecular complexity index is 702. The fourth-order valence-corrected chi connectivity index (χ4v) is 2.76. The molecule has 5 nitrogen and oxygen atoms in total. The van der Waals surface area contributed by atoms with Crippen molar-refractivity contribution in [1.29, 1.82) is 0 Å². The molecule has 134 valence electrons. The first-order valence-electron chi connectivity index (χ1n) is 8.62. The third-order valence-corrected chi connectivity index (χ3v) is 3.94. The number of benzene rings is 1. The van der Waals surface area contributed by atoms with E-state index in [4.69, 9.17) is 0 Å². The average molecular weight is 339 g/mol. The van der Waals surface area contributed by atoms with Crippen LogP contribution in [-0.4, -0.2) is 38.6 Å². The van der Waals surface area contributed by atoms with E-state index < -0.39 is 0 Å². The number of aromatic nitrogens is 1. The van der Waals surface area contributed by atoms with Gasteiger partial charge in [-0.25, -0.2) is 4.98 Å². The number of guanidine groups is 1. The molecule has 0 saturated carbocycles. The topological polar surface area (TPSA) is 52.6 Å². The van der Waals surface area contributed by atoms with Gasteiger partial charge >= 0.3 is 0 Å². The van der Waals surface area contributed by atoms with E-state index in [2.05, 4.69) is 58.7 Å². The minimum atomic E-state index is 0.715. The second-order valence-electron chi connectivity index (χ2n) is 6.52. The van der Waals surface area contributed by atoms with Gasteiger partial charge in [0.15, 0.2) is 5.96 Å². The highest BCUT2D eigenvalue weighted by Gasteiger charge is 2.02. The Morgan fingerprint density at radius 3 is 2.40 bits per heavy atom. The van der Waals surface area contributed by atoms with E-state index in [1.165, 1.54) is 22.3 Å². The van der Waals surface area contributed by atoms with Crippen LogP contribution in [0.25, 0.3) is 0 Å². The molecule has 1 aromatic heterocycles. The van der Waals surface area contributed by atoms with Crippen LogP contribution in [0.4, 0.5) is 5.82 Å². The van der Waals surface area contributed by atoms with Gasteiger partial charge in [0.25, 0.3) is 0 Å². The second-order valence-corrected chi connectivity index (χ2v) is 6.52. The fraction of sp³-hybridized carbons (Fsp3) is 0.400. The van der Waals surface area contributed by atoms with Crippen LogP contribution in [0.3, 0.4) is 0 Å². The van der Waals surface area contributed by atoms with Crippen molar-refractivity contribution in [2.75, 3.05) is 32.6 Å². The van der Waals surface area contributed by atoms with Crippen molar-refractivity contribution in [1.82, 2.24) is 15.6 Å². The van der Waals surface area contributed by atoms with Crippen LogP contribution in [0.1, 0.15) is 22.3 Å². The lowest BCUT2D eigenvalue weighted by Gasteiger charge is -2.14. The summed E-state index contributed by atoms with van der Waals surface area (Å²) < 4.78 is 0. The van der Waals surface area contributed by atoms with E-state index in [-0.39, 0.29) is 0 Å². The Labute approximate surface area is 151 Å². The van der Waals surface area contributed by atoms with Crippen LogP contribution >= 0.6 is 0 Å². The molecule has 0 radical (unpaired) electrons. The quantitative estimate of drug-likeness (QED) is 0.628. The number of rotatable bonds is 6. The van der Waals surface area contributed by atoms with E-state index >= 15 is 0 Å². The van der Waals surface area contributed by atoms with Gasteiger partial charge in [0, 0.05) is 40.4 Å². The summed E-state index contributed by atoms with van der Waals surface area (Å²) in [6.07, 6.45) is 2.81. The van der Waals surface area contributed by atoms with Crippen LogP contribution in [0.5, 0.6) is 0 Å². The number of pyridine rings is 1. The molecule has 2 rings (SSSR count). The molecular formula is C20H29N5. The standard InChI is InChI=1S/C20H29N5/c1-15-10-16(2)12-17(11-15)6-9-23-20(21-3)24-14-18-7-8-22-19(13-18)25(4)5/h7-8,10-13H,6,9,14H2,1-5H3,(H2,21,23,24). The van der Waals surface area contributed by atoms with Gasteiger partial charge in [-0.1, -0.05) is 29.3 Å². The number of nitrogens with zero attached hydrogens (tertiary/aromatic N) is 3. The van der Waals surface area contributed by atoms with Gasteiger partial charge in [-0.3, -0.25) is 4.99 Å². The van der Waals surface area contributed by atoms with Crippen LogP contribution in [0, 0.1) is 13.8 Å². The van der Waals surface area contributed by atoms with E-state index in [9.17, 15) is 0 Å². The molecular weight excluding hydrogens is 310 g/mol. The molecule has 0 aliphatic heterocycles. The highest BCUT2D eigenvalue weighted by molar-refractivity contribution is 5.79. The average Bonchev–Trinajstić information content (AvgIpc) is 2.57. The summed E-state index contributed by atoms with van der Waals surface area (Å²) in [7, 11) is 5.78. The van der Waals surface area contributed by atoms with Gasteiger partial charge < -0.3 is 15.5 Å². The van der Waals surface area contributed by atoms with Crippen LogP contribution in [0.2, 0.25) is 0 Å². The Kier molecular flexibility index (Phi) is 6.81. The van der Waals surface area contributed by atoms with E-state index in [0.717, 1.165) is 24.7 Å². The molecule has 25 heavy (non-hydrogen) atoms. The van der Waals surface area contributed by atoms with Crippen molar-refractivity contribution in [2.24, 2.45) is 4.99 Å². The van der Waals surface area contributed by atoms with Crippen molar-refractivity contribution in [3.63, 3.8) is 0 Å². The van der Waals surface area contributed by atoms with Crippen molar-refractivity contribution < 1.29 is 0 Å². The van der Waals surface area contributed by atoms with Crippen molar-refractivity contribution >= 4 is 11.8 Å². The van der Waals surface area contributed by atoms with Crippen molar-refractivity contribution in [3.8, 4) is 0 Å². The normalized spacial score (nSPS) is 11.3. The smallest absolute Gasteiger partial charge is 0.191 e. The van der Waals surface area contributed by atoms with Gasteiger partial charge in [-0.15, -0.1) is 0 Å². The first-order chi connectivity index (χ1) is 12.0. The Morgan fingerprint density at radius 2 is 1.76 bits per heavy atom. The number of hydrogen-bond donors (Lipinski definition) is 2. The summed E-state index contributed by atoms with van der Waals surface area (Å²) >= 11 is 0. The van der Waals surface area contributed by atoms with Crippen LogP contribution in [0.15, 0.2) is 41.5 Å². The van der Waals surface area contributed by atoms with Crippen molar-refractivity contribution in [3.05, 3.63) is 58.8 Å². The first kappa shape index (κ1) is 18.8. The van der Waals surface area contributed by atoms with E-state index in [1.54, 1.807) is 7.05 Å². The lowest BCUT2D eigenvalue weighted by atomic mass is 10.1. The Morgan fingerprint density at radius 1 is 1.04 bits per heavy atom. The maximum Gasteiger partial charge on any atom is 0.191 e. The molecule has 0 amide bonds. The minimum absolute atomic E-state index is 0.715. The van der Waals surface area contributed by atoms with Crippen LogP contribution < -0.4 is 15.5 Å². The maximum absolute atomic E-state index is 4.34. The predicted molar refractivity (Wildman–Crippen MR) is 106 cm³/mol. The molecule has 2 aromatic rings. The van der Waals surface area contributed by atoms with Gasteiger partial charge in [0.2, 0.25) is 0 Å². The molecule has 0 bridgehead atoms. The lowest BCUT2D eigenvalue weighted by Crippen LogP contribution is -2.37. The molecule has 0 unspecified atom stereocenters. The van der Waals surface area contributed by atoms with Gasteiger partial charge in [-0.2, -0.15) is 0 Å². The van der Waals surface area contributed by atoms with Gasteiger partial charge in [0.1, 0.15) is 5.82 Å². The minimum Gasteiger partial charge on any atom is -0.363 e. The molecule has 0 saturated heterocycles. The third-order valence-electron chi connectivity index (χ3n) is 3.94. The summed E-state index contributed by atoms with van der Waals surface area (Å²) in [5, 5.41) is 6.73. The SMILES string of the molecule is CN=C(NCCc1cc(C)cc(C)c1)NCc1ccnc(N(C)C)c1. The summed E-state index contributed by atoms with van der Waals surface area (Å²) in [6.45, 7) is 5.84. The van der Waals surface area contributed by atoms with E-state index in [1.807, 2.05) is 31.3 Å². The molecule has 0 atom stereocenters. The lowest BCUT2D eigenvalue weighted by molar-refractivity contribution is 0.793. The van der Waals surface area contributed by atoms with Gasteiger partial charge in [-0.05, 0) is 43.5 Å². The number of nitrogens with one attached hydrogen (secondary N) is 2. The summed E-state index contributed by atoms with van der Waals surface area (Å²) in [6, 6.07) is 10.8. The van der Waals surface area contributed by atoms with Crippen LogP contribution in [-0.2, 0) is 13.0 Å². The molecule has 0 aliphatic rings. The molecule has 1 aromatic carbocycles. The Balaban J connectivity index is 1.83. The number of aryl methyl sites for hydroxylation is 2. The zero-order valence-electron chi connectivity index (χ0n) is 15.9. The highest BCUT2D eigenvalue weighted by atomic mass is 15.2. The number of aliphatic imine (C=N–C) groups is 1. The summed E-state index contributed by atoms with van der Waals surface area (Å²) in [5.74, 6) is 1.77. The number of anilines is 1. The molecule has 5 heteroatoms. The molecule has 0 spiro atoms. The highest BCUT2D eigenvalue weighted by Crippen LogP contribution is 2.10. The maximum atomic E-state index is 4.34. The largest absolute Gasteiger partial charge is 0.363 e. The number of hydrogen-bond acceptors (Lipinski definition) is 3. The second kappa shape index (κ2) is 9.06. The summed E-state index contributed by atoms with van der Waals surface area (Å²) in [5.41, 5.74) is 5.15. The predicted octanol–water partition coefficient (Wildman–Crippen LogP) is 2.67. The molecule has 2 N–H and O–H groups in total. The monoisotopic (exact) mass is 339 g/mol. The zero-order valence-corrected chi connectivity index (χ0v) is 15.9. The molecule has 1 heterocycles. The zero-order chi connectivity index (χ0) is 18.2. The summed E-state index contributed by atoms with van der Waals surface area (Å²) in [4.78, 5) is 10.6. The fourth-order valence-electron chi connectivity index (χ4n) is 2.76. The third kappa shape index (κ3) is 6.10. The van der Waals surface area contributed by atoms with E-state index in [0.29, 0.717) is 6.54 Å². The first-order valence-corrected chi connectivity index (χ1v) is 8.62. The van der Waals surface area contributed by atoms with Gasteiger partial charge in [0.05, 0.1) is 0 Å². The Hall–Kier alpha value is -2.56. The molecule has 0 fully saturated rings. The molecule has 0 aliphatic carbocycles.